The molecule has 1 aliphatic carbocycles. The number of nitrogens with zero attached hydrogens (tertiary/aromatic N) is 1. The molecule has 1 aromatic heterocycles. The third-order valence-corrected chi connectivity index (χ3v) is 4.01. The van der Waals surface area contributed by atoms with Crippen LogP contribution in [-0.4, -0.2) is 10.9 Å². The van der Waals surface area contributed by atoms with Crippen molar-refractivity contribution in [3.05, 3.63) is 57.7 Å². The fraction of sp³-hybridized carbons (Fsp3) is 0.250. The Kier molecular flexibility index (Phi) is 3.83. The van der Waals surface area contributed by atoms with Crippen molar-refractivity contribution in [1.29, 1.82) is 0 Å². The first-order valence-corrected chi connectivity index (χ1v) is 7.52. The Morgan fingerprint density at radius 3 is 2.90 bits per heavy atom. The average molecular weight is 331 g/mol. The number of fused-ring (bicyclic) bond motifs is 1. The van der Waals surface area contributed by atoms with Crippen LogP contribution in [0.4, 0.5) is 5.82 Å². The Bertz CT molecular complexity index is 655. The molecule has 2 aromatic rings. The first-order valence-electron chi connectivity index (χ1n) is 6.73. The highest BCUT2D eigenvalue weighted by atomic mass is 79.9. The van der Waals surface area contributed by atoms with Crippen molar-refractivity contribution in [2.75, 3.05) is 5.32 Å². The van der Waals surface area contributed by atoms with Gasteiger partial charge in [0.2, 0.25) is 5.91 Å². The zero-order chi connectivity index (χ0) is 13.9. The summed E-state index contributed by atoms with van der Waals surface area (Å²) in [4.78, 5) is 16.1. The molecule has 102 valence electrons. The molecule has 3 nitrogen and oxygen atoms in total. The zero-order valence-corrected chi connectivity index (χ0v) is 12.6. The number of carbonyl (C=O) groups excluding carboxylic acids is 1. The van der Waals surface area contributed by atoms with Crippen LogP contribution in [0, 0.1) is 0 Å². The third-order valence-electron chi connectivity index (χ3n) is 3.52. The smallest absolute Gasteiger partial charge is 0.229 e. The van der Waals surface area contributed by atoms with E-state index in [0.29, 0.717) is 12.2 Å². The van der Waals surface area contributed by atoms with E-state index in [1.54, 1.807) is 12.3 Å². The van der Waals surface area contributed by atoms with Gasteiger partial charge in [-0.1, -0.05) is 34.1 Å². The summed E-state index contributed by atoms with van der Waals surface area (Å²) in [6.07, 6.45) is 5.59. The number of nitrogens with one attached hydrogen (secondary N) is 1. The van der Waals surface area contributed by atoms with Crippen LogP contribution in [0.25, 0.3) is 0 Å². The molecule has 0 saturated heterocycles. The van der Waals surface area contributed by atoms with Crippen LogP contribution < -0.4 is 5.32 Å². The van der Waals surface area contributed by atoms with Gasteiger partial charge in [-0.25, -0.2) is 4.98 Å². The summed E-state index contributed by atoms with van der Waals surface area (Å²) in [5, 5.41) is 2.82. The van der Waals surface area contributed by atoms with E-state index in [1.807, 2.05) is 6.07 Å². The fourth-order valence-electron chi connectivity index (χ4n) is 2.58. The van der Waals surface area contributed by atoms with E-state index >= 15 is 0 Å². The van der Waals surface area contributed by atoms with Gasteiger partial charge in [0.05, 0.1) is 6.42 Å². The van der Waals surface area contributed by atoms with E-state index in [-0.39, 0.29) is 5.91 Å². The summed E-state index contributed by atoms with van der Waals surface area (Å²) in [6.45, 7) is 0. The summed E-state index contributed by atoms with van der Waals surface area (Å²) in [7, 11) is 0. The van der Waals surface area contributed by atoms with Crippen LogP contribution in [-0.2, 0) is 24.1 Å². The number of aromatic nitrogens is 1. The zero-order valence-electron chi connectivity index (χ0n) is 11.0. The quantitative estimate of drug-likeness (QED) is 0.935. The van der Waals surface area contributed by atoms with Crippen molar-refractivity contribution in [3.63, 3.8) is 0 Å². The lowest BCUT2D eigenvalue weighted by Gasteiger charge is -2.06. The Morgan fingerprint density at radius 2 is 2.05 bits per heavy atom. The summed E-state index contributed by atoms with van der Waals surface area (Å²) in [6, 6.07) is 9.99. The molecule has 1 N–H and O–H groups in total. The van der Waals surface area contributed by atoms with Gasteiger partial charge in [-0.2, -0.15) is 0 Å². The van der Waals surface area contributed by atoms with Crippen LogP contribution in [0.2, 0.25) is 0 Å². The molecule has 1 amide bonds. The third kappa shape index (κ3) is 3.07. The van der Waals surface area contributed by atoms with E-state index in [1.165, 1.54) is 24.0 Å². The van der Waals surface area contributed by atoms with E-state index in [0.717, 1.165) is 16.5 Å². The average Bonchev–Trinajstić information content (AvgIpc) is 2.86. The Labute approximate surface area is 126 Å². The molecule has 20 heavy (non-hydrogen) atoms. The number of carbonyl (C=O) groups is 1. The number of rotatable bonds is 3. The van der Waals surface area contributed by atoms with Crippen molar-refractivity contribution in [1.82, 2.24) is 4.98 Å². The SMILES string of the molecule is O=C(Cc1ccc2c(c1)CCC2)Nc1cc(Br)ccn1. The summed E-state index contributed by atoms with van der Waals surface area (Å²) in [5.41, 5.74) is 3.90. The van der Waals surface area contributed by atoms with Crippen LogP contribution in [0.1, 0.15) is 23.1 Å². The van der Waals surface area contributed by atoms with Gasteiger partial charge >= 0.3 is 0 Å². The maximum Gasteiger partial charge on any atom is 0.229 e. The van der Waals surface area contributed by atoms with E-state index in [2.05, 4.69) is 44.4 Å². The molecule has 3 rings (SSSR count). The van der Waals surface area contributed by atoms with Crippen molar-refractivity contribution < 1.29 is 4.79 Å². The second-order valence-electron chi connectivity index (χ2n) is 5.04. The molecule has 0 bridgehead atoms. The van der Waals surface area contributed by atoms with Gasteiger partial charge in [0.1, 0.15) is 5.82 Å². The molecule has 1 heterocycles. The van der Waals surface area contributed by atoms with Crippen molar-refractivity contribution in [2.45, 2.75) is 25.7 Å². The fourth-order valence-corrected chi connectivity index (χ4v) is 2.92. The molecule has 0 unspecified atom stereocenters. The van der Waals surface area contributed by atoms with E-state index < -0.39 is 0 Å². The molecular formula is C16H15BrN2O. The molecule has 0 atom stereocenters. The number of pyridine rings is 1. The lowest BCUT2D eigenvalue weighted by Crippen LogP contribution is -2.15. The maximum atomic E-state index is 12.0. The van der Waals surface area contributed by atoms with E-state index in [4.69, 9.17) is 0 Å². The van der Waals surface area contributed by atoms with Gasteiger partial charge in [0.25, 0.3) is 0 Å². The molecule has 0 fully saturated rings. The van der Waals surface area contributed by atoms with Gasteiger partial charge in [0.15, 0.2) is 0 Å². The maximum absolute atomic E-state index is 12.0. The molecule has 0 aliphatic heterocycles. The van der Waals surface area contributed by atoms with Crippen molar-refractivity contribution >= 4 is 27.7 Å². The molecule has 0 saturated carbocycles. The lowest BCUT2D eigenvalue weighted by molar-refractivity contribution is -0.115. The summed E-state index contributed by atoms with van der Waals surface area (Å²) in [5.74, 6) is 0.541. The minimum absolute atomic E-state index is 0.0338. The highest BCUT2D eigenvalue weighted by Crippen LogP contribution is 2.23. The number of hydrogen-bond donors (Lipinski definition) is 1. The molecule has 0 radical (unpaired) electrons. The Balaban J connectivity index is 1.67. The highest BCUT2D eigenvalue weighted by Gasteiger charge is 2.12. The minimum atomic E-state index is -0.0338. The van der Waals surface area contributed by atoms with Crippen LogP contribution >= 0.6 is 15.9 Å². The number of hydrogen-bond acceptors (Lipinski definition) is 2. The van der Waals surface area contributed by atoms with Gasteiger partial charge in [-0.3, -0.25) is 4.79 Å². The second-order valence-corrected chi connectivity index (χ2v) is 5.96. The van der Waals surface area contributed by atoms with Crippen LogP contribution in [0.5, 0.6) is 0 Å². The Morgan fingerprint density at radius 1 is 1.20 bits per heavy atom. The lowest BCUT2D eigenvalue weighted by atomic mass is 10.0. The molecule has 1 aliphatic rings. The van der Waals surface area contributed by atoms with Gasteiger partial charge < -0.3 is 5.32 Å². The van der Waals surface area contributed by atoms with Crippen molar-refractivity contribution in [2.24, 2.45) is 0 Å². The number of halogens is 1. The second kappa shape index (κ2) is 5.75. The van der Waals surface area contributed by atoms with Gasteiger partial charge in [-0.05, 0) is 48.1 Å². The molecule has 0 spiro atoms. The summed E-state index contributed by atoms with van der Waals surface area (Å²) < 4.78 is 0.903. The predicted molar refractivity (Wildman–Crippen MR) is 82.7 cm³/mol. The number of amides is 1. The molecule has 1 aromatic carbocycles. The largest absolute Gasteiger partial charge is 0.310 e. The van der Waals surface area contributed by atoms with Crippen LogP contribution in [0.3, 0.4) is 0 Å². The Hall–Kier alpha value is -1.68. The highest BCUT2D eigenvalue weighted by molar-refractivity contribution is 9.10. The molecular weight excluding hydrogens is 316 g/mol. The first-order chi connectivity index (χ1) is 9.70. The number of benzene rings is 1. The number of anilines is 1. The van der Waals surface area contributed by atoms with Crippen molar-refractivity contribution in [3.8, 4) is 0 Å². The monoisotopic (exact) mass is 330 g/mol. The van der Waals surface area contributed by atoms with E-state index in [9.17, 15) is 4.79 Å². The molecule has 4 heteroatoms. The minimum Gasteiger partial charge on any atom is -0.310 e. The number of aryl methyl sites for hydroxylation is 2. The topological polar surface area (TPSA) is 42.0 Å². The normalized spacial score (nSPS) is 13.1. The first kappa shape index (κ1) is 13.3. The van der Waals surface area contributed by atoms with Crippen LogP contribution in [0.15, 0.2) is 41.0 Å². The standard InChI is InChI=1S/C16H15BrN2O/c17-14-6-7-18-15(10-14)19-16(20)9-11-4-5-12-2-1-3-13(12)8-11/h4-8,10H,1-3,9H2,(H,18,19,20). The van der Waals surface area contributed by atoms with Gasteiger partial charge in [0, 0.05) is 10.7 Å². The predicted octanol–water partition coefficient (Wildman–Crippen LogP) is 3.51. The summed E-state index contributed by atoms with van der Waals surface area (Å²) >= 11 is 3.36. The van der Waals surface area contributed by atoms with Gasteiger partial charge in [-0.15, -0.1) is 0 Å².